The van der Waals surface area contributed by atoms with Gasteiger partial charge < -0.3 is 9.64 Å². The Morgan fingerprint density at radius 1 is 1.10 bits per heavy atom. The number of nitrogens with zero attached hydrogens (tertiary/aromatic N) is 1. The predicted octanol–water partition coefficient (Wildman–Crippen LogP) is 4.31. The Kier molecular flexibility index (Phi) is 4.74. The highest BCUT2D eigenvalue weighted by atomic mass is 16.5. The van der Waals surface area contributed by atoms with Gasteiger partial charge in [0.15, 0.2) is 0 Å². The Balaban J connectivity index is 1.95. The summed E-state index contributed by atoms with van der Waals surface area (Å²) < 4.78 is 6.10. The summed E-state index contributed by atoms with van der Waals surface area (Å²) in [6.45, 7) is 11.5. The van der Waals surface area contributed by atoms with Gasteiger partial charge in [-0.15, -0.1) is 0 Å². The second kappa shape index (κ2) is 6.17. The molecule has 20 heavy (non-hydrogen) atoms. The van der Waals surface area contributed by atoms with Crippen molar-refractivity contribution < 1.29 is 4.74 Å². The molecule has 0 N–H and O–H groups in total. The Bertz CT molecular complexity index is 410. The molecule has 0 radical (unpaired) electrons. The normalized spacial score (nSPS) is 19.9. The van der Waals surface area contributed by atoms with Gasteiger partial charge in [-0.05, 0) is 48.9 Å². The Morgan fingerprint density at radius 3 is 2.15 bits per heavy atom. The lowest BCUT2D eigenvalue weighted by molar-refractivity contribution is 0.114. The third-order valence-electron chi connectivity index (χ3n) is 4.65. The zero-order valence-electron chi connectivity index (χ0n) is 13.6. The van der Waals surface area contributed by atoms with E-state index in [4.69, 9.17) is 4.74 Å². The molecule has 1 fully saturated rings. The lowest BCUT2D eigenvalue weighted by Crippen LogP contribution is -2.35. The van der Waals surface area contributed by atoms with Gasteiger partial charge in [0.2, 0.25) is 0 Å². The van der Waals surface area contributed by atoms with Gasteiger partial charge in [0, 0.05) is 13.1 Å². The predicted molar refractivity (Wildman–Crippen MR) is 85.5 cm³/mol. The van der Waals surface area contributed by atoms with E-state index >= 15 is 0 Å². The minimum absolute atomic E-state index is 0.302. The highest BCUT2D eigenvalue weighted by molar-refractivity contribution is 5.30. The summed E-state index contributed by atoms with van der Waals surface area (Å²) in [5.74, 6) is 1.57. The molecular formula is C18H29NO. The number of likely N-dealkylation sites (tertiary alicyclic amines) is 1. The molecule has 2 heteroatoms. The van der Waals surface area contributed by atoms with E-state index in [9.17, 15) is 0 Å². The minimum atomic E-state index is 0.302. The van der Waals surface area contributed by atoms with Gasteiger partial charge in [0.25, 0.3) is 0 Å². The van der Waals surface area contributed by atoms with Gasteiger partial charge in [-0.1, -0.05) is 39.8 Å². The molecule has 1 aromatic carbocycles. The van der Waals surface area contributed by atoms with Crippen LogP contribution in [0.15, 0.2) is 24.3 Å². The summed E-state index contributed by atoms with van der Waals surface area (Å²) in [5, 5.41) is 0. The Hall–Kier alpha value is -1.02. The van der Waals surface area contributed by atoms with E-state index in [0.29, 0.717) is 17.4 Å². The van der Waals surface area contributed by atoms with Crippen LogP contribution in [0.5, 0.6) is 5.75 Å². The lowest BCUT2D eigenvalue weighted by atomic mass is 9.78. The molecule has 2 nitrogen and oxygen atoms in total. The number of rotatable bonds is 3. The van der Waals surface area contributed by atoms with E-state index in [1.807, 2.05) is 0 Å². The van der Waals surface area contributed by atoms with Crippen LogP contribution in [0, 0.1) is 5.41 Å². The molecule has 0 amide bonds. The van der Waals surface area contributed by atoms with Crippen molar-refractivity contribution >= 4 is 0 Å². The van der Waals surface area contributed by atoms with E-state index in [1.165, 1.54) is 5.56 Å². The van der Waals surface area contributed by atoms with Gasteiger partial charge in [0.1, 0.15) is 11.9 Å². The largest absolute Gasteiger partial charge is 0.490 e. The van der Waals surface area contributed by atoms with Crippen molar-refractivity contribution in [2.24, 2.45) is 5.41 Å². The maximum Gasteiger partial charge on any atom is 0.119 e. The van der Waals surface area contributed by atoms with Crippen molar-refractivity contribution in [2.45, 2.75) is 52.6 Å². The quantitative estimate of drug-likeness (QED) is 0.815. The first-order valence-electron chi connectivity index (χ1n) is 7.81. The van der Waals surface area contributed by atoms with Gasteiger partial charge in [0.05, 0.1) is 0 Å². The van der Waals surface area contributed by atoms with Crippen LogP contribution >= 0.6 is 0 Å². The number of ether oxygens (including phenoxy) is 1. The molecule has 0 aromatic heterocycles. The highest BCUT2D eigenvalue weighted by Crippen LogP contribution is 2.35. The zero-order chi connectivity index (χ0) is 14.8. The Labute approximate surface area is 124 Å². The lowest BCUT2D eigenvalue weighted by Gasteiger charge is -2.30. The first-order chi connectivity index (χ1) is 9.36. The van der Waals surface area contributed by atoms with E-state index in [0.717, 1.165) is 31.7 Å². The average Bonchev–Trinajstić information content (AvgIpc) is 2.40. The summed E-state index contributed by atoms with van der Waals surface area (Å²) in [7, 11) is 2.18. The van der Waals surface area contributed by atoms with Crippen molar-refractivity contribution in [1.29, 1.82) is 0 Å². The van der Waals surface area contributed by atoms with Crippen LogP contribution in [-0.2, 0) is 0 Å². The van der Waals surface area contributed by atoms with Crippen LogP contribution < -0.4 is 4.74 Å². The van der Waals surface area contributed by atoms with Crippen LogP contribution in [0.4, 0.5) is 0 Å². The SMILES string of the molecule is CC(c1ccc(OC2CCN(C)CC2)cc1)C(C)(C)C. The molecule has 1 aliphatic heterocycles. The van der Waals surface area contributed by atoms with Crippen LogP contribution in [0.1, 0.15) is 52.0 Å². The summed E-state index contributed by atoms with van der Waals surface area (Å²) in [5.41, 5.74) is 1.70. The minimum Gasteiger partial charge on any atom is -0.490 e. The molecule has 1 unspecified atom stereocenters. The van der Waals surface area contributed by atoms with Gasteiger partial charge in [-0.25, -0.2) is 0 Å². The molecule has 1 saturated heterocycles. The topological polar surface area (TPSA) is 12.5 Å². The number of hydrogen-bond donors (Lipinski definition) is 0. The summed E-state index contributed by atoms with van der Waals surface area (Å²) in [6, 6.07) is 8.71. The van der Waals surface area contributed by atoms with Crippen molar-refractivity contribution in [1.82, 2.24) is 4.90 Å². The van der Waals surface area contributed by atoms with Crippen molar-refractivity contribution in [3.8, 4) is 5.75 Å². The highest BCUT2D eigenvalue weighted by Gasteiger charge is 2.22. The van der Waals surface area contributed by atoms with E-state index in [2.05, 4.69) is 63.9 Å². The summed E-state index contributed by atoms with van der Waals surface area (Å²) >= 11 is 0. The molecule has 112 valence electrons. The molecular weight excluding hydrogens is 246 g/mol. The van der Waals surface area contributed by atoms with E-state index in [-0.39, 0.29) is 0 Å². The first-order valence-corrected chi connectivity index (χ1v) is 7.81. The van der Waals surface area contributed by atoms with Crippen LogP contribution in [0.3, 0.4) is 0 Å². The van der Waals surface area contributed by atoms with E-state index in [1.54, 1.807) is 0 Å². The van der Waals surface area contributed by atoms with Crippen LogP contribution in [-0.4, -0.2) is 31.1 Å². The standard InChI is InChI=1S/C18H29NO/c1-14(18(2,3)4)15-6-8-16(9-7-15)20-17-10-12-19(5)13-11-17/h6-9,14,17H,10-13H2,1-5H3. The third kappa shape index (κ3) is 3.99. The fraction of sp³-hybridized carbons (Fsp3) is 0.667. The van der Waals surface area contributed by atoms with Crippen molar-refractivity contribution in [2.75, 3.05) is 20.1 Å². The fourth-order valence-electron chi connectivity index (χ4n) is 2.63. The third-order valence-corrected chi connectivity index (χ3v) is 4.65. The van der Waals surface area contributed by atoms with Crippen molar-refractivity contribution in [3.63, 3.8) is 0 Å². The number of piperidine rings is 1. The molecule has 1 aliphatic rings. The molecule has 0 spiro atoms. The molecule has 0 aliphatic carbocycles. The smallest absolute Gasteiger partial charge is 0.119 e. The van der Waals surface area contributed by atoms with Crippen molar-refractivity contribution in [3.05, 3.63) is 29.8 Å². The van der Waals surface area contributed by atoms with E-state index < -0.39 is 0 Å². The number of hydrogen-bond acceptors (Lipinski definition) is 2. The first kappa shape index (κ1) is 15.4. The Morgan fingerprint density at radius 2 is 1.65 bits per heavy atom. The molecule has 1 aromatic rings. The number of benzene rings is 1. The maximum atomic E-state index is 6.10. The molecule has 1 heterocycles. The van der Waals surface area contributed by atoms with Gasteiger partial charge >= 0.3 is 0 Å². The fourth-order valence-corrected chi connectivity index (χ4v) is 2.63. The van der Waals surface area contributed by atoms with Gasteiger partial charge in [-0.3, -0.25) is 0 Å². The van der Waals surface area contributed by atoms with Gasteiger partial charge in [-0.2, -0.15) is 0 Å². The second-order valence-corrected chi connectivity index (χ2v) is 7.28. The van der Waals surface area contributed by atoms with Crippen LogP contribution in [0.25, 0.3) is 0 Å². The van der Waals surface area contributed by atoms with Crippen LogP contribution in [0.2, 0.25) is 0 Å². The summed E-state index contributed by atoms with van der Waals surface area (Å²) in [6.07, 6.45) is 2.66. The molecule has 0 saturated carbocycles. The average molecular weight is 275 g/mol. The maximum absolute atomic E-state index is 6.10. The second-order valence-electron chi connectivity index (χ2n) is 7.28. The molecule has 0 bridgehead atoms. The molecule has 2 rings (SSSR count). The summed E-state index contributed by atoms with van der Waals surface area (Å²) in [4.78, 5) is 2.37. The monoisotopic (exact) mass is 275 g/mol. The molecule has 1 atom stereocenters. The zero-order valence-corrected chi connectivity index (χ0v) is 13.6.